The molecule has 102 valence electrons. The van der Waals surface area contributed by atoms with E-state index < -0.39 is 0 Å². The molecule has 2 rings (SSSR count). The molecule has 1 aromatic heterocycles. The van der Waals surface area contributed by atoms with Crippen molar-refractivity contribution in [2.75, 3.05) is 7.11 Å². The van der Waals surface area contributed by atoms with Crippen molar-refractivity contribution in [2.45, 2.75) is 33.1 Å². The lowest BCUT2D eigenvalue weighted by atomic mass is 9.98. The molecule has 0 amide bonds. The second-order valence-electron chi connectivity index (χ2n) is 5.00. The zero-order valence-corrected chi connectivity index (χ0v) is 13.3. The highest BCUT2D eigenvalue weighted by atomic mass is 79.9. The van der Waals surface area contributed by atoms with E-state index in [1.165, 1.54) is 11.1 Å². The Kier molecular flexibility index (Phi) is 4.30. The molecule has 2 aromatic rings. The highest BCUT2D eigenvalue weighted by Crippen LogP contribution is 2.28. The number of nitrogens with one attached hydrogen (secondary N) is 1. The molecule has 1 aromatic carbocycles. The molecule has 1 N–H and O–H groups in total. The van der Waals surface area contributed by atoms with Crippen LogP contribution in [0.25, 0.3) is 0 Å². The van der Waals surface area contributed by atoms with E-state index >= 15 is 0 Å². The number of aromatic amines is 1. The van der Waals surface area contributed by atoms with Gasteiger partial charge in [-0.2, -0.15) is 0 Å². The van der Waals surface area contributed by atoms with Crippen LogP contribution in [0.4, 0.5) is 0 Å². The second kappa shape index (κ2) is 5.78. The number of aromatic nitrogens is 2. The number of halogens is 1. The normalized spacial score (nSPS) is 11.1. The molecule has 0 radical (unpaired) electrons. The fourth-order valence-electron chi connectivity index (χ4n) is 2.18. The summed E-state index contributed by atoms with van der Waals surface area (Å²) in [5.74, 6) is 2.33. The lowest BCUT2D eigenvalue weighted by Gasteiger charge is -2.13. The predicted molar refractivity (Wildman–Crippen MR) is 80.9 cm³/mol. The van der Waals surface area contributed by atoms with E-state index in [-0.39, 0.29) is 0 Å². The molecular formula is C15H19BrN2O. The molecule has 0 atom stereocenters. The number of imidazole rings is 1. The molecule has 0 saturated carbocycles. The molecule has 0 aliphatic heterocycles. The highest BCUT2D eigenvalue weighted by molar-refractivity contribution is 9.10. The standard InChI is InChI=1S/C15H19BrN2O/c1-9(2)12-7-11(5-6-14(12)19-4)8-13-15(16)18-10(3)17-13/h5-7,9H,8H2,1-4H3,(H,17,18). The molecule has 1 heterocycles. The van der Waals surface area contributed by atoms with E-state index in [2.05, 4.69) is 51.9 Å². The molecular weight excluding hydrogens is 304 g/mol. The van der Waals surface area contributed by atoms with E-state index in [4.69, 9.17) is 4.74 Å². The summed E-state index contributed by atoms with van der Waals surface area (Å²) in [7, 11) is 1.72. The van der Waals surface area contributed by atoms with Crippen molar-refractivity contribution in [3.63, 3.8) is 0 Å². The number of aryl methyl sites for hydroxylation is 1. The monoisotopic (exact) mass is 322 g/mol. The predicted octanol–water partition coefficient (Wildman–Crippen LogP) is 4.20. The third-order valence-electron chi connectivity index (χ3n) is 3.14. The summed E-state index contributed by atoms with van der Waals surface area (Å²) in [6.07, 6.45) is 0.838. The molecule has 0 spiro atoms. The van der Waals surface area contributed by atoms with Gasteiger partial charge in [-0.3, -0.25) is 0 Å². The smallest absolute Gasteiger partial charge is 0.127 e. The minimum Gasteiger partial charge on any atom is -0.496 e. The largest absolute Gasteiger partial charge is 0.496 e. The van der Waals surface area contributed by atoms with Crippen molar-refractivity contribution in [3.8, 4) is 5.75 Å². The SMILES string of the molecule is COc1ccc(Cc2[nH]c(C)nc2Br)cc1C(C)C. The number of benzene rings is 1. The summed E-state index contributed by atoms with van der Waals surface area (Å²) in [6, 6.07) is 6.36. The maximum Gasteiger partial charge on any atom is 0.127 e. The van der Waals surface area contributed by atoms with Crippen LogP contribution in [0.2, 0.25) is 0 Å². The first kappa shape index (κ1) is 14.1. The van der Waals surface area contributed by atoms with Crippen LogP contribution in [-0.4, -0.2) is 17.1 Å². The van der Waals surface area contributed by atoms with Crippen molar-refractivity contribution in [3.05, 3.63) is 45.4 Å². The summed E-state index contributed by atoms with van der Waals surface area (Å²) in [4.78, 5) is 7.62. The molecule has 0 aliphatic rings. The first-order valence-electron chi connectivity index (χ1n) is 6.39. The Balaban J connectivity index is 2.31. The summed E-state index contributed by atoms with van der Waals surface area (Å²) >= 11 is 3.48. The van der Waals surface area contributed by atoms with Crippen molar-refractivity contribution in [1.29, 1.82) is 0 Å². The van der Waals surface area contributed by atoms with E-state index in [9.17, 15) is 0 Å². The summed E-state index contributed by atoms with van der Waals surface area (Å²) < 4.78 is 6.31. The number of ether oxygens (including phenoxy) is 1. The van der Waals surface area contributed by atoms with Crippen LogP contribution < -0.4 is 4.74 Å². The molecule has 19 heavy (non-hydrogen) atoms. The lowest BCUT2D eigenvalue weighted by Crippen LogP contribution is -1.97. The van der Waals surface area contributed by atoms with Gasteiger partial charge in [-0.15, -0.1) is 0 Å². The Bertz CT molecular complexity index is 576. The van der Waals surface area contributed by atoms with Crippen LogP contribution in [-0.2, 0) is 6.42 Å². The number of nitrogens with zero attached hydrogens (tertiary/aromatic N) is 1. The molecule has 0 saturated heterocycles. The average Bonchev–Trinajstić information content (AvgIpc) is 2.67. The quantitative estimate of drug-likeness (QED) is 0.915. The Morgan fingerprint density at radius 1 is 1.37 bits per heavy atom. The van der Waals surface area contributed by atoms with Crippen molar-refractivity contribution >= 4 is 15.9 Å². The summed E-state index contributed by atoms with van der Waals surface area (Å²) in [6.45, 7) is 6.32. The van der Waals surface area contributed by atoms with Gasteiger partial charge in [-0.25, -0.2) is 4.98 Å². The number of hydrogen-bond acceptors (Lipinski definition) is 2. The van der Waals surface area contributed by atoms with Gasteiger partial charge in [-0.05, 0) is 46.0 Å². The molecule has 0 fully saturated rings. The van der Waals surface area contributed by atoms with E-state index in [0.29, 0.717) is 5.92 Å². The van der Waals surface area contributed by atoms with Crippen molar-refractivity contribution in [2.24, 2.45) is 0 Å². The van der Waals surface area contributed by atoms with Gasteiger partial charge in [-0.1, -0.05) is 26.0 Å². The molecule has 0 bridgehead atoms. The zero-order chi connectivity index (χ0) is 14.0. The van der Waals surface area contributed by atoms with Crippen LogP contribution in [0.15, 0.2) is 22.8 Å². The van der Waals surface area contributed by atoms with Gasteiger partial charge in [0.05, 0.1) is 12.8 Å². The van der Waals surface area contributed by atoms with Crippen LogP contribution in [0.3, 0.4) is 0 Å². The van der Waals surface area contributed by atoms with Gasteiger partial charge < -0.3 is 9.72 Å². The Morgan fingerprint density at radius 2 is 2.11 bits per heavy atom. The summed E-state index contributed by atoms with van der Waals surface area (Å²) in [5.41, 5.74) is 3.61. The van der Waals surface area contributed by atoms with Crippen molar-refractivity contribution in [1.82, 2.24) is 9.97 Å². The number of H-pyrrole nitrogens is 1. The van der Waals surface area contributed by atoms with Crippen LogP contribution >= 0.6 is 15.9 Å². The zero-order valence-electron chi connectivity index (χ0n) is 11.7. The first-order chi connectivity index (χ1) is 9.01. The third-order valence-corrected chi connectivity index (χ3v) is 3.80. The molecule has 0 unspecified atom stereocenters. The Labute approximate surface area is 122 Å². The van der Waals surface area contributed by atoms with Gasteiger partial charge in [0, 0.05) is 6.42 Å². The van der Waals surface area contributed by atoms with Gasteiger partial charge in [0.15, 0.2) is 0 Å². The van der Waals surface area contributed by atoms with Gasteiger partial charge in [0.2, 0.25) is 0 Å². The fraction of sp³-hybridized carbons (Fsp3) is 0.400. The van der Waals surface area contributed by atoms with Crippen LogP contribution in [0, 0.1) is 6.92 Å². The number of methoxy groups -OCH3 is 1. The van der Waals surface area contributed by atoms with Crippen LogP contribution in [0.5, 0.6) is 5.75 Å². The number of hydrogen-bond donors (Lipinski definition) is 1. The van der Waals surface area contributed by atoms with E-state index in [1.54, 1.807) is 7.11 Å². The minimum atomic E-state index is 0.446. The Morgan fingerprint density at radius 3 is 2.63 bits per heavy atom. The van der Waals surface area contributed by atoms with E-state index in [1.807, 2.05) is 13.0 Å². The van der Waals surface area contributed by atoms with Crippen LogP contribution in [0.1, 0.15) is 42.4 Å². The number of rotatable bonds is 4. The lowest BCUT2D eigenvalue weighted by molar-refractivity contribution is 0.407. The first-order valence-corrected chi connectivity index (χ1v) is 7.18. The maximum absolute atomic E-state index is 5.41. The summed E-state index contributed by atoms with van der Waals surface area (Å²) in [5, 5.41) is 0. The Hall–Kier alpha value is -1.29. The minimum absolute atomic E-state index is 0.446. The highest BCUT2D eigenvalue weighted by Gasteiger charge is 2.11. The third kappa shape index (κ3) is 3.18. The van der Waals surface area contributed by atoms with Crippen molar-refractivity contribution < 1.29 is 4.74 Å². The second-order valence-corrected chi connectivity index (χ2v) is 5.75. The molecule has 3 nitrogen and oxygen atoms in total. The van der Waals surface area contributed by atoms with E-state index in [0.717, 1.165) is 28.3 Å². The average molecular weight is 323 g/mol. The maximum atomic E-state index is 5.41. The topological polar surface area (TPSA) is 37.9 Å². The van der Waals surface area contributed by atoms with Gasteiger partial charge in [0.25, 0.3) is 0 Å². The van der Waals surface area contributed by atoms with Gasteiger partial charge in [0.1, 0.15) is 16.2 Å². The molecule has 0 aliphatic carbocycles. The molecule has 4 heteroatoms. The fourth-order valence-corrected chi connectivity index (χ4v) is 2.68. The van der Waals surface area contributed by atoms with Gasteiger partial charge >= 0.3 is 0 Å².